The minimum Gasteiger partial charge on any atom is -0.447 e. The smallest absolute Gasteiger partial charge is 0.228 e. The van der Waals surface area contributed by atoms with E-state index >= 15 is 0 Å². The number of carbonyl (C=O) groups is 3. The number of Topliss-reactive ketones (excluding diaryl/α,β-unsaturated/α-hetero) is 2. The highest BCUT2D eigenvalue weighted by Crippen LogP contribution is 2.46. The van der Waals surface area contributed by atoms with E-state index in [1.165, 1.54) is 110 Å². The quantitative estimate of drug-likeness (QED) is 0.120. The van der Waals surface area contributed by atoms with Crippen molar-refractivity contribution < 1.29 is 19.1 Å². The molecule has 7 aliphatic heterocycles. The Morgan fingerprint density at radius 1 is 0.383 bits per heavy atom. The maximum atomic E-state index is 12.3. The minimum absolute atomic E-state index is 0.0184. The van der Waals surface area contributed by atoms with Crippen molar-refractivity contribution in [3.8, 4) is 11.5 Å². The van der Waals surface area contributed by atoms with E-state index in [4.69, 9.17) is 4.74 Å². The lowest BCUT2D eigenvalue weighted by Crippen LogP contribution is -2.29. The standard InChI is InChI=1S/C15H14NOS.C14H11OS.C14H13S.C13H12NS.C13H11OS.C13H11S.C6H11OS.C6H13S.C5H9OS/c1-11(17)16-12-7-3-5-9-14(12)18(2)15-10-6-4-8-13(15)16;1-16-12-8-4-2-6-10(12)14(15)11-7-3-5-9-13(11)16;1-15-13-8-4-2-6-11(13)10-12-7-3-5-9-14(12)15;2*1-15-12-8-4-2-6-10(12)14-11-7-3-5-9-13(11)15;1-14-12-8-4-2-6-10(12)11-7-3-5-9-13(11)14;1-5-6(7)3-4-8(5)2;1-6-4-3-5-7(6)2;1-7-3-2-5(6)4-7/h3-10H,1-2H3;2-9H,1H3;2-9H,10H2,1H3;2-9,14H,1H3;2-9H,1H3;2-9H,1H3;5H,3-4H2,1-2H3;6H,3-5H2,1-2H3;2-4H2,1H3/q9*+1. The molecule has 5 atom stereocenters. The van der Waals surface area contributed by atoms with Crippen LogP contribution in [0.25, 0.3) is 40.3 Å². The summed E-state index contributed by atoms with van der Waals surface area (Å²) < 4.78 is 11.2. The molecular formula is C99H105N2O5S9+9. The third kappa shape index (κ3) is 19.7. The monoisotopic (exact) mass is 1690 g/mol. The van der Waals surface area contributed by atoms with Crippen LogP contribution in [0.1, 0.15) is 57.6 Å². The van der Waals surface area contributed by atoms with Crippen LogP contribution in [0.5, 0.6) is 11.5 Å². The number of ketones is 2. The van der Waals surface area contributed by atoms with Crippen molar-refractivity contribution in [1.29, 1.82) is 0 Å². The number of thiophene rings is 1. The van der Waals surface area contributed by atoms with Crippen LogP contribution in [0.4, 0.5) is 22.7 Å². The Kier molecular flexibility index (Phi) is 29.2. The van der Waals surface area contributed by atoms with Gasteiger partial charge in [-0.25, -0.2) is 0 Å². The van der Waals surface area contributed by atoms with Crippen molar-refractivity contribution in [3.63, 3.8) is 0 Å². The van der Waals surface area contributed by atoms with E-state index in [1.54, 1.807) is 6.92 Å². The van der Waals surface area contributed by atoms with Crippen LogP contribution in [-0.2, 0) is 110 Å². The fourth-order valence-electron chi connectivity index (χ4n) is 15.1. The number of para-hydroxylation sites is 6. The van der Waals surface area contributed by atoms with E-state index in [2.05, 4.69) is 263 Å². The summed E-state index contributed by atoms with van der Waals surface area (Å²) in [6.07, 6.45) is 26.1. The molecule has 115 heavy (non-hydrogen) atoms. The van der Waals surface area contributed by atoms with E-state index in [0.717, 1.165) is 86.3 Å². The first-order chi connectivity index (χ1) is 55.8. The molecule has 0 aliphatic carbocycles. The predicted octanol–water partition coefficient (Wildman–Crippen LogP) is 23.6. The second-order valence-electron chi connectivity index (χ2n) is 29.2. The Labute approximate surface area is 706 Å². The number of aryl methyl sites for hydroxylation is 2. The normalized spacial score (nSPS) is 17.8. The third-order valence-corrected chi connectivity index (χ3v) is 40.5. The maximum absolute atomic E-state index is 12.3. The fourth-order valence-corrected chi connectivity index (χ4v) is 30.1. The molecule has 3 saturated heterocycles. The molecule has 5 unspecified atom stereocenters. The third-order valence-electron chi connectivity index (χ3n) is 21.7. The second kappa shape index (κ2) is 39.7. The highest BCUT2D eigenvalue weighted by Gasteiger charge is 2.39. The van der Waals surface area contributed by atoms with E-state index < -0.39 is 0 Å². The summed E-state index contributed by atoms with van der Waals surface area (Å²) in [4.78, 5) is 58.2. The zero-order chi connectivity index (χ0) is 80.8. The molecular weight excluding hydrogens is 1590 g/mol. The summed E-state index contributed by atoms with van der Waals surface area (Å²) in [6, 6.07) is 101. The molecule has 0 saturated carbocycles. The van der Waals surface area contributed by atoms with Gasteiger partial charge in [-0.1, -0.05) is 158 Å². The average Bonchev–Trinajstić information content (AvgIpc) is 1.70. The number of anilines is 4. The number of carbonyl (C=O) groups excluding carboxylic acids is 3. The van der Waals surface area contributed by atoms with Crippen molar-refractivity contribution in [1.82, 2.24) is 0 Å². The minimum atomic E-state index is 0.0184. The van der Waals surface area contributed by atoms with Gasteiger partial charge in [0.1, 0.15) is 71.4 Å². The van der Waals surface area contributed by atoms with E-state index in [1.807, 2.05) is 109 Å². The van der Waals surface area contributed by atoms with Gasteiger partial charge in [-0.05, 0) is 214 Å². The number of benzene rings is 12. The van der Waals surface area contributed by atoms with Crippen molar-refractivity contribution in [2.24, 2.45) is 12.5 Å². The molecule has 16 heteroatoms. The van der Waals surface area contributed by atoms with E-state index in [0.29, 0.717) is 38.6 Å². The van der Waals surface area contributed by atoms with Crippen LogP contribution in [0.2, 0.25) is 0 Å². The number of nitrogens with one attached hydrogen (secondary N) is 1. The SMILES string of the molecule is CC(=O)N1c2ccccc2[S+](C)c2ccccc21.CC1C(=O)CC[S+]1C.CC1CCC[S+]1C.C[S+]1CCC(=O)C1.C[S+]1c2ccccc2Cc2ccccc21.C[S+]1c2ccccc2Nc2ccccc21.C[S+]1c2ccccc2Oc2ccccc21.C[s+]1c2ccccc2c(=O)c2ccccc21.C[s+]1c2ccccc2c2ccccc21. The average molecular weight is 1690 g/mol. The molecule has 0 spiro atoms. The summed E-state index contributed by atoms with van der Waals surface area (Å²) in [5.74, 6) is 7.65. The summed E-state index contributed by atoms with van der Waals surface area (Å²) >= 11 is 0. The topological polar surface area (TPSA) is 92.8 Å². The molecule has 586 valence electrons. The molecule has 14 aromatic rings. The van der Waals surface area contributed by atoms with Crippen molar-refractivity contribution >= 4 is 178 Å². The number of rotatable bonds is 0. The molecule has 1 N–H and O–H groups in total. The summed E-state index contributed by atoms with van der Waals surface area (Å²) in [5.41, 5.74) is 7.72. The first-order valence-corrected chi connectivity index (χ1v) is 54.4. The molecule has 2 aromatic heterocycles. The molecule has 0 bridgehead atoms. The largest absolute Gasteiger partial charge is 0.447 e. The zero-order valence-electron chi connectivity index (χ0n) is 67.9. The number of nitrogens with zero attached hydrogens (tertiary/aromatic N) is 1. The molecule has 1 amide bonds. The molecule has 9 heterocycles. The van der Waals surface area contributed by atoms with Crippen LogP contribution in [0.3, 0.4) is 0 Å². The van der Waals surface area contributed by atoms with Crippen LogP contribution < -0.4 is 20.4 Å². The Morgan fingerprint density at radius 2 is 0.748 bits per heavy atom. The molecule has 7 aliphatic rings. The van der Waals surface area contributed by atoms with Crippen LogP contribution >= 0.6 is 20.9 Å². The van der Waals surface area contributed by atoms with Gasteiger partial charge in [0, 0.05) is 35.2 Å². The summed E-state index contributed by atoms with van der Waals surface area (Å²) in [7, 11) is 2.55. The molecule has 12 aromatic carbocycles. The van der Waals surface area contributed by atoms with Gasteiger partial charge in [0.15, 0.2) is 82.2 Å². The number of hydrogen-bond donors (Lipinski definition) is 1. The first-order valence-electron chi connectivity index (χ1n) is 38.9. The lowest BCUT2D eigenvalue weighted by Gasteiger charge is -2.28. The van der Waals surface area contributed by atoms with E-state index in [-0.39, 0.29) is 75.9 Å². The van der Waals surface area contributed by atoms with Gasteiger partial charge in [-0.2, -0.15) is 0 Å². The van der Waals surface area contributed by atoms with Gasteiger partial charge < -0.3 is 10.1 Å². The Bertz CT molecular complexity index is 5310. The number of ether oxygens (including phenoxy) is 1. The van der Waals surface area contributed by atoms with Crippen LogP contribution in [0.15, 0.2) is 335 Å². The van der Waals surface area contributed by atoms with Crippen LogP contribution in [-0.4, -0.2) is 94.8 Å². The number of hydrogen-bond acceptors (Lipinski definition) is 6. The molecule has 7 nitrogen and oxygen atoms in total. The molecule has 21 rings (SSSR count). The predicted molar refractivity (Wildman–Crippen MR) is 513 cm³/mol. The molecule has 3 fully saturated rings. The summed E-state index contributed by atoms with van der Waals surface area (Å²) in [5, 5.41) is 9.47. The van der Waals surface area contributed by atoms with Gasteiger partial charge >= 0.3 is 0 Å². The van der Waals surface area contributed by atoms with Crippen LogP contribution in [0, 0.1) is 0 Å². The lowest BCUT2D eigenvalue weighted by atomic mass is 10.0. The van der Waals surface area contributed by atoms with Crippen molar-refractivity contribution in [2.75, 3.05) is 77.0 Å². The lowest BCUT2D eigenvalue weighted by molar-refractivity contribution is -0.117. The summed E-state index contributed by atoms with van der Waals surface area (Å²) in [6.45, 7) is 6.03. The van der Waals surface area contributed by atoms with Gasteiger partial charge in [-0.15, -0.1) is 0 Å². The Balaban J connectivity index is 0.000000114. The van der Waals surface area contributed by atoms with Crippen molar-refractivity contribution in [2.45, 2.75) is 103 Å². The van der Waals surface area contributed by atoms with Gasteiger partial charge in [-0.3, -0.25) is 24.1 Å². The fraction of sp³-hybridized carbons (Fsp3) is 0.232. The second-order valence-corrected chi connectivity index (χ2v) is 47.9. The highest BCUT2D eigenvalue weighted by atomic mass is 32.2. The first kappa shape index (κ1) is 84.5. The zero-order valence-corrected chi connectivity index (χ0v) is 75.2. The Hall–Kier alpha value is -8.39. The molecule has 0 radical (unpaired) electrons. The maximum Gasteiger partial charge on any atom is 0.228 e. The van der Waals surface area contributed by atoms with Crippen molar-refractivity contribution in [3.05, 3.63) is 313 Å². The Morgan fingerprint density at radius 3 is 1.12 bits per heavy atom. The number of amides is 1. The van der Waals surface area contributed by atoms with Gasteiger partial charge in [0.2, 0.25) is 21.1 Å². The van der Waals surface area contributed by atoms with Gasteiger partial charge in [0.25, 0.3) is 0 Å². The van der Waals surface area contributed by atoms with E-state index in [9.17, 15) is 19.2 Å². The highest BCUT2D eigenvalue weighted by molar-refractivity contribution is 7.98. The number of fused-ring (bicyclic) bond motifs is 13. The van der Waals surface area contributed by atoms with Gasteiger partial charge in [0.05, 0.1) is 97.3 Å².